The molecule has 0 bridgehead atoms. The fraction of sp³-hybridized carbons (Fsp3) is 0.438. The largest absolute Gasteiger partial charge is 0.314 e. The van der Waals surface area contributed by atoms with E-state index in [1.807, 2.05) is 6.20 Å². The Balaban J connectivity index is 2.07. The standard InChI is InChI=1S/C16H21N3/c1-16(2,19-11-9-17-10-12-19)14-7-8-18-15-6-4-3-5-13(14)15/h3-8,17H,9-12H2,1-2H3. The van der Waals surface area contributed by atoms with E-state index in [0.717, 1.165) is 31.7 Å². The quantitative estimate of drug-likeness (QED) is 0.893. The summed E-state index contributed by atoms with van der Waals surface area (Å²) in [4.78, 5) is 7.03. The first-order valence-corrected chi connectivity index (χ1v) is 6.99. The Hall–Kier alpha value is -1.45. The van der Waals surface area contributed by atoms with Crippen LogP contribution in [-0.4, -0.2) is 36.1 Å². The number of para-hydroxylation sites is 1. The summed E-state index contributed by atoms with van der Waals surface area (Å²) in [5, 5.41) is 4.69. The van der Waals surface area contributed by atoms with Crippen LogP contribution in [0.15, 0.2) is 36.5 Å². The van der Waals surface area contributed by atoms with E-state index < -0.39 is 0 Å². The number of fused-ring (bicyclic) bond motifs is 1. The van der Waals surface area contributed by atoms with Gasteiger partial charge in [0.15, 0.2) is 0 Å². The van der Waals surface area contributed by atoms with Crippen LogP contribution in [0, 0.1) is 0 Å². The normalized spacial score (nSPS) is 17.8. The minimum Gasteiger partial charge on any atom is -0.314 e. The van der Waals surface area contributed by atoms with Crippen molar-refractivity contribution in [3.05, 3.63) is 42.1 Å². The molecule has 0 amide bonds. The zero-order valence-corrected chi connectivity index (χ0v) is 11.7. The van der Waals surface area contributed by atoms with Gasteiger partial charge >= 0.3 is 0 Å². The number of hydrogen-bond donors (Lipinski definition) is 1. The van der Waals surface area contributed by atoms with Gasteiger partial charge in [0.1, 0.15) is 0 Å². The maximum atomic E-state index is 4.47. The van der Waals surface area contributed by atoms with E-state index in [1.54, 1.807) is 0 Å². The Labute approximate surface area is 114 Å². The lowest BCUT2D eigenvalue weighted by Crippen LogP contribution is -2.51. The second kappa shape index (κ2) is 4.91. The predicted octanol–water partition coefficient (Wildman–Crippen LogP) is 2.38. The van der Waals surface area contributed by atoms with E-state index in [4.69, 9.17) is 0 Å². The fourth-order valence-electron chi connectivity index (χ4n) is 3.02. The molecule has 3 rings (SSSR count). The minimum atomic E-state index is 0.0463. The van der Waals surface area contributed by atoms with E-state index in [1.165, 1.54) is 10.9 Å². The van der Waals surface area contributed by atoms with Gasteiger partial charge in [-0.1, -0.05) is 18.2 Å². The highest BCUT2D eigenvalue weighted by molar-refractivity contribution is 5.82. The molecule has 2 aromatic rings. The van der Waals surface area contributed by atoms with Crippen molar-refractivity contribution in [2.75, 3.05) is 26.2 Å². The number of piperazine rings is 1. The lowest BCUT2D eigenvalue weighted by molar-refractivity contribution is 0.104. The molecule has 100 valence electrons. The highest BCUT2D eigenvalue weighted by atomic mass is 15.2. The van der Waals surface area contributed by atoms with E-state index in [2.05, 4.69) is 59.4 Å². The minimum absolute atomic E-state index is 0.0463. The van der Waals surface area contributed by atoms with Crippen LogP contribution >= 0.6 is 0 Å². The summed E-state index contributed by atoms with van der Waals surface area (Å²) in [6.45, 7) is 8.99. The van der Waals surface area contributed by atoms with Crippen molar-refractivity contribution in [1.82, 2.24) is 15.2 Å². The van der Waals surface area contributed by atoms with Crippen LogP contribution in [0.4, 0.5) is 0 Å². The SMILES string of the molecule is CC(C)(c1ccnc2ccccc12)N1CCNCC1. The summed E-state index contributed by atoms with van der Waals surface area (Å²) in [5.41, 5.74) is 2.51. The molecule has 3 nitrogen and oxygen atoms in total. The zero-order chi connectivity index (χ0) is 13.3. The molecule has 0 spiro atoms. The Morgan fingerprint density at radius 1 is 1.11 bits per heavy atom. The lowest BCUT2D eigenvalue weighted by Gasteiger charge is -2.42. The first-order chi connectivity index (χ1) is 9.19. The van der Waals surface area contributed by atoms with E-state index in [9.17, 15) is 0 Å². The maximum absolute atomic E-state index is 4.47. The Bertz CT molecular complexity index is 566. The van der Waals surface area contributed by atoms with Gasteiger partial charge in [0, 0.05) is 43.3 Å². The first-order valence-electron chi connectivity index (χ1n) is 6.99. The average molecular weight is 255 g/mol. The predicted molar refractivity (Wildman–Crippen MR) is 79.2 cm³/mol. The number of pyridine rings is 1. The summed E-state index contributed by atoms with van der Waals surface area (Å²) < 4.78 is 0. The van der Waals surface area contributed by atoms with Gasteiger partial charge < -0.3 is 5.32 Å². The van der Waals surface area contributed by atoms with Gasteiger partial charge in [0.2, 0.25) is 0 Å². The Kier molecular flexibility index (Phi) is 3.25. The highest BCUT2D eigenvalue weighted by Crippen LogP contribution is 2.32. The molecule has 0 aliphatic carbocycles. The molecule has 0 unspecified atom stereocenters. The van der Waals surface area contributed by atoms with Crippen LogP contribution in [0.1, 0.15) is 19.4 Å². The van der Waals surface area contributed by atoms with Crippen LogP contribution < -0.4 is 5.32 Å². The lowest BCUT2D eigenvalue weighted by atomic mass is 9.89. The van der Waals surface area contributed by atoms with Crippen molar-refractivity contribution in [3.8, 4) is 0 Å². The molecule has 3 heteroatoms. The van der Waals surface area contributed by atoms with Crippen LogP contribution in [-0.2, 0) is 5.54 Å². The van der Waals surface area contributed by atoms with Crippen LogP contribution in [0.25, 0.3) is 10.9 Å². The first kappa shape index (κ1) is 12.6. The zero-order valence-electron chi connectivity index (χ0n) is 11.7. The summed E-state index contributed by atoms with van der Waals surface area (Å²) in [6.07, 6.45) is 1.93. The van der Waals surface area contributed by atoms with Gasteiger partial charge in [0.05, 0.1) is 5.52 Å². The molecule has 2 heterocycles. The monoisotopic (exact) mass is 255 g/mol. The second-order valence-electron chi connectivity index (χ2n) is 5.67. The molecule has 1 aliphatic heterocycles. The molecule has 0 radical (unpaired) electrons. The third-order valence-electron chi connectivity index (χ3n) is 4.22. The van der Waals surface area contributed by atoms with E-state index in [0.29, 0.717) is 0 Å². The van der Waals surface area contributed by atoms with Crippen molar-refractivity contribution in [3.63, 3.8) is 0 Å². The number of benzene rings is 1. The molecule has 1 aromatic carbocycles. The van der Waals surface area contributed by atoms with Gasteiger partial charge in [-0.25, -0.2) is 0 Å². The van der Waals surface area contributed by atoms with Crippen LogP contribution in [0.2, 0.25) is 0 Å². The highest BCUT2D eigenvalue weighted by Gasteiger charge is 2.30. The molecule has 1 aromatic heterocycles. The molecule has 1 fully saturated rings. The van der Waals surface area contributed by atoms with Gasteiger partial charge in [-0.15, -0.1) is 0 Å². The molecule has 0 saturated carbocycles. The van der Waals surface area contributed by atoms with Crippen LogP contribution in [0.3, 0.4) is 0 Å². The second-order valence-corrected chi connectivity index (χ2v) is 5.67. The van der Waals surface area contributed by atoms with Crippen molar-refractivity contribution < 1.29 is 0 Å². The van der Waals surface area contributed by atoms with Crippen molar-refractivity contribution in [1.29, 1.82) is 0 Å². The summed E-state index contributed by atoms with van der Waals surface area (Å²) in [7, 11) is 0. The van der Waals surface area contributed by atoms with Crippen molar-refractivity contribution in [2.24, 2.45) is 0 Å². The number of nitrogens with one attached hydrogen (secondary N) is 1. The Morgan fingerprint density at radius 2 is 1.84 bits per heavy atom. The van der Waals surface area contributed by atoms with Gasteiger partial charge in [-0.05, 0) is 31.5 Å². The molecule has 0 atom stereocenters. The van der Waals surface area contributed by atoms with Crippen LogP contribution in [0.5, 0.6) is 0 Å². The third-order valence-corrected chi connectivity index (χ3v) is 4.22. The van der Waals surface area contributed by atoms with E-state index >= 15 is 0 Å². The maximum Gasteiger partial charge on any atom is 0.0705 e. The molecule has 1 N–H and O–H groups in total. The van der Waals surface area contributed by atoms with Gasteiger partial charge in [-0.3, -0.25) is 9.88 Å². The number of aromatic nitrogens is 1. The van der Waals surface area contributed by atoms with Crippen molar-refractivity contribution in [2.45, 2.75) is 19.4 Å². The summed E-state index contributed by atoms with van der Waals surface area (Å²) in [5.74, 6) is 0. The van der Waals surface area contributed by atoms with Gasteiger partial charge in [-0.2, -0.15) is 0 Å². The molecular weight excluding hydrogens is 234 g/mol. The third kappa shape index (κ3) is 2.24. The Morgan fingerprint density at radius 3 is 2.63 bits per heavy atom. The number of nitrogens with zero attached hydrogens (tertiary/aromatic N) is 2. The fourth-order valence-corrected chi connectivity index (χ4v) is 3.02. The van der Waals surface area contributed by atoms with Crippen molar-refractivity contribution >= 4 is 10.9 Å². The summed E-state index contributed by atoms with van der Waals surface area (Å²) >= 11 is 0. The smallest absolute Gasteiger partial charge is 0.0705 e. The summed E-state index contributed by atoms with van der Waals surface area (Å²) in [6, 6.07) is 10.6. The average Bonchev–Trinajstić information content (AvgIpc) is 2.47. The molecular formula is C16H21N3. The number of hydrogen-bond acceptors (Lipinski definition) is 3. The molecule has 1 aliphatic rings. The molecule has 19 heavy (non-hydrogen) atoms. The van der Waals surface area contributed by atoms with Gasteiger partial charge in [0.25, 0.3) is 0 Å². The topological polar surface area (TPSA) is 28.2 Å². The van der Waals surface area contributed by atoms with E-state index in [-0.39, 0.29) is 5.54 Å². The number of rotatable bonds is 2. The molecule has 1 saturated heterocycles.